The average molecular weight is 195 g/mol. The third-order valence-electron chi connectivity index (χ3n) is 2.66. The summed E-state index contributed by atoms with van der Waals surface area (Å²) in [4.78, 5) is 11.6. The third kappa shape index (κ3) is 2.71. The van der Waals surface area contributed by atoms with Gasteiger partial charge in [-0.1, -0.05) is 0 Å². The monoisotopic (exact) mass is 195 g/mol. The Bertz CT molecular complexity index is 246. The molecule has 3 atom stereocenters. The van der Waals surface area contributed by atoms with E-state index in [1.54, 1.807) is 6.92 Å². The normalized spacial score (nSPS) is 28.1. The van der Waals surface area contributed by atoms with E-state index in [1.807, 2.05) is 6.92 Å². The first-order valence-corrected chi connectivity index (χ1v) is 5.06. The maximum absolute atomic E-state index is 11.6. The van der Waals surface area contributed by atoms with Gasteiger partial charge < -0.3 is 10.6 Å². The van der Waals surface area contributed by atoms with E-state index in [9.17, 15) is 4.79 Å². The van der Waals surface area contributed by atoms with Gasteiger partial charge in [-0.2, -0.15) is 5.26 Å². The number of nitrogens with zero attached hydrogens (tertiary/aromatic N) is 1. The minimum atomic E-state index is -0.108. The van der Waals surface area contributed by atoms with E-state index < -0.39 is 0 Å². The standard InChI is InChI=1S/C10H17N3O/c1-7(5-11)6-13-10(14)9-3-4-12-8(9)2/h7-9,12H,3-4,6H2,1-2H3,(H,13,14). The van der Waals surface area contributed by atoms with Gasteiger partial charge in [0.1, 0.15) is 0 Å². The minimum absolute atomic E-state index is 0.0703. The molecule has 4 nitrogen and oxygen atoms in total. The molecule has 0 aromatic rings. The molecule has 1 heterocycles. The van der Waals surface area contributed by atoms with Gasteiger partial charge in [0.15, 0.2) is 0 Å². The molecule has 0 bridgehead atoms. The lowest BCUT2D eigenvalue weighted by Crippen LogP contribution is -2.38. The van der Waals surface area contributed by atoms with E-state index >= 15 is 0 Å². The van der Waals surface area contributed by atoms with Gasteiger partial charge in [-0.3, -0.25) is 4.79 Å². The van der Waals surface area contributed by atoms with Crippen molar-refractivity contribution in [2.24, 2.45) is 11.8 Å². The number of hydrogen-bond donors (Lipinski definition) is 2. The van der Waals surface area contributed by atoms with Crippen LogP contribution in [0, 0.1) is 23.2 Å². The van der Waals surface area contributed by atoms with E-state index in [4.69, 9.17) is 5.26 Å². The average Bonchev–Trinajstić information content (AvgIpc) is 2.60. The van der Waals surface area contributed by atoms with Crippen LogP contribution in [0.5, 0.6) is 0 Å². The van der Waals surface area contributed by atoms with E-state index in [0.29, 0.717) is 6.54 Å². The van der Waals surface area contributed by atoms with Crippen LogP contribution in [0.1, 0.15) is 20.3 Å². The van der Waals surface area contributed by atoms with Crippen molar-refractivity contribution in [2.75, 3.05) is 13.1 Å². The molecular formula is C10H17N3O. The predicted octanol–water partition coefficient (Wildman–Crippen LogP) is 0.260. The van der Waals surface area contributed by atoms with Crippen LogP contribution in [-0.4, -0.2) is 25.0 Å². The fourth-order valence-electron chi connectivity index (χ4n) is 1.65. The summed E-state index contributed by atoms with van der Waals surface area (Å²) in [6.07, 6.45) is 0.897. The highest BCUT2D eigenvalue weighted by Crippen LogP contribution is 2.14. The summed E-state index contributed by atoms with van der Waals surface area (Å²) in [5, 5.41) is 14.6. The first-order chi connectivity index (χ1) is 6.65. The molecule has 3 unspecified atom stereocenters. The van der Waals surface area contributed by atoms with Crippen molar-refractivity contribution in [2.45, 2.75) is 26.3 Å². The van der Waals surface area contributed by atoms with Gasteiger partial charge in [-0.25, -0.2) is 0 Å². The molecule has 0 spiro atoms. The van der Waals surface area contributed by atoms with E-state index in [0.717, 1.165) is 13.0 Å². The Morgan fingerprint density at radius 3 is 3.00 bits per heavy atom. The van der Waals surface area contributed by atoms with Crippen molar-refractivity contribution in [3.63, 3.8) is 0 Å². The maximum atomic E-state index is 11.6. The first-order valence-electron chi connectivity index (χ1n) is 5.06. The molecule has 14 heavy (non-hydrogen) atoms. The molecule has 1 aliphatic heterocycles. The minimum Gasteiger partial charge on any atom is -0.355 e. The highest BCUT2D eigenvalue weighted by atomic mass is 16.1. The zero-order chi connectivity index (χ0) is 10.6. The molecule has 1 rings (SSSR count). The lowest BCUT2D eigenvalue weighted by molar-refractivity contribution is -0.125. The summed E-state index contributed by atoms with van der Waals surface area (Å²) in [6.45, 7) is 5.19. The summed E-state index contributed by atoms with van der Waals surface area (Å²) in [5.41, 5.74) is 0. The van der Waals surface area contributed by atoms with Crippen molar-refractivity contribution >= 4 is 5.91 Å². The Balaban J connectivity index is 2.32. The molecule has 78 valence electrons. The topological polar surface area (TPSA) is 64.9 Å². The number of nitriles is 1. The van der Waals surface area contributed by atoms with Gasteiger partial charge in [-0.15, -0.1) is 0 Å². The maximum Gasteiger partial charge on any atom is 0.224 e. The number of rotatable bonds is 3. The van der Waals surface area contributed by atoms with Gasteiger partial charge in [-0.05, 0) is 26.8 Å². The van der Waals surface area contributed by atoms with Gasteiger partial charge in [0.25, 0.3) is 0 Å². The van der Waals surface area contributed by atoms with Crippen molar-refractivity contribution in [3.05, 3.63) is 0 Å². The van der Waals surface area contributed by atoms with Gasteiger partial charge in [0.2, 0.25) is 5.91 Å². The predicted molar refractivity (Wildman–Crippen MR) is 53.4 cm³/mol. The molecular weight excluding hydrogens is 178 g/mol. The van der Waals surface area contributed by atoms with Crippen molar-refractivity contribution in [1.29, 1.82) is 5.26 Å². The second-order valence-corrected chi connectivity index (χ2v) is 3.91. The van der Waals surface area contributed by atoms with Crippen molar-refractivity contribution < 1.29 is 4.79 Å². The summed E-state index contributed by atoms with van der Waals surface area (Å²) >= 11 is 0. The zero-order valence-corrected chi connectivity index (χ0v) is 8.71. The van der Waals surface area contributed by atoms with Crippen LogP contribution >= 0.6 is 0 Å². The molecule has 0 aromatic carbocycles. The second kappa shape index (κ2) is 4.97. The van der Waals surface area contributed by atoms with E-state index in [-0.39, 0.29) is 23.8 Å². The van der Waals surface area contributed by atoms with Crippen LogP contribution in [-0.2, 0) is 4.79 Å². The summed E-state index contributed by atoms with van der Waals surface area (Å²) in [7, 11) is 0. The molecule has 0 aliphatic carbocycles. The molecule has 1 aliphatic rings. The number of nitrogens with one attached hydrogen (secondary N) is 2. The largest absolute Gasteiger partial charge is 0.355 e. The molecule has 4 heteroatoms. The van der Waals surface area contributed by atoms with Crippen molar-refractivity contribution in [1.82, 2.24) is 10.6 Å². The third-order valence-corrected chi connectivity index (χ3v) is 2.66. The van der Waals surface area contributed by atoms with Crippen molar-refractivity contribution in [3.8, 4) is 6.07 Å². The molecule has 0 saturated carbocycles. The lowest BCUT2D eigenvalue weighted by Gasteiger charge is -2.15. The lowest BCUT2D eigenvalue weighted by atomic mass is 10.0. The molecule has 1 saturated heterocycles. The van der Waals surface area contributed by atoms with Crippen LogP contribution in [0.25, 0.3) is 0 Å². The molecule has 2 N–H and O–H groups in total. The van der Waals surface area contributed by atoms with E-state index in [2.05, 4.69) is 16.7 Å². The number of hydrogen-bond acceptors (Lipinski definition) is 3. The van der Waals surface area contributed by atoms with Crippen LogP contribution < -0.4 is 10.6 Å². The van der Waals surface area contributed by atoms with Gasteiger partial charge in [0.05, 0.1) is 17.9 Å². The van der Waals surface area contributed by atoms with Crippen LogP contribution in [0.15, 0.2) is 0 Å². The SMILES string of the molecule is CC(C#N)CNC(=O)C1CCNC1C. The Morgan fingerprint density at radius 1 is 1.79 bits per heavy atom. The Hall–Kier alpha value is -1.08. The first kappa shape index (κ1) is 11.0. The molecule has 1 amide bonds. The molecule has 0 radical (unpaired) electrons. The Kier molecular flexibility index (Phi) is 3.90. The highest BCUT2D eigenvalue weighted by molar-refractivity contribution is 5.79. The van der Waals surface area contributed by atoms with E-state index in [1.165, 1.54) is 0 Å². The quantitative estimate of drug-likeness (QED) is 0.679. The molecule has 1 fully saturated rings. The van der Waals surface area contributed by atoms with Crippen LogP contribution in [0.4, 0.5) is 0 Å². The second-order valence-electron chi connectivity index (χ2n) is 3.91. The Labute approximate surface area is 84.7 Å². The summed E-state index contributed by atoms with van der Waals surface area (Å²) in [6, 6.07) is 2.35. The number of carbonyl (C=O) groups excluding carboxylic acids is 1. The zero-order valence-electron chi connectivity index (χ0n) is 8.71. The molecule has 0 aromatic heterocycles. The summed E-state index contributed by atoms with van der Waals surface area (Å²) < 4.78 is 0. The summed E-state index contributed by atoms with van der Waals surface area (Å²) in [5.74, 6) is 0.0362. The fourth-order valence-corrected chi connectivity index (χ4v) is 1.65. The Morgan fingerprint density at radius 2 is 2.50 bits per heavy atom. The number of carbonyl (C=O) groups is 1. The van der Waals surface area contributed by atoms with Gasteiger partial charge in [0, 0.05) is 12.6 Å². The fraction of sp³-hybridized carbons (Fsp3) is 0.800. The highest BCUT2D eigenvalue weighted by Gasteiger charge is 2.29. The smallest absolute Gasteiger partial charge is 0.224 e. The number of amides is 1. The van der Waals surface area contributed by atoms with Crippen LogP contribution in [0.2, 0.25) is 0 Å². The van der Waals surface area contributed by atoms with Gasteiger partial charge >= 0.3 is 0 Å². The van der Waals surface area contributed by atoms with Crippen LogP contribution in [0.3, 0.4) is 0 Å².